The molecule has 0 spiro atoms. The van der Waals surface area contributed by atoms with E-state index in [1.54, 1.807) is 11.3 Å². The molecule has 2 bridgehead atoms. The maximum atomic E-state index is 6.54. The zero-order chi connectivity index (χ0) is 15.2. The molecule has 2 aliphatic heterocycles. The van der Waals surface area contributed by atoms with Gasteiger partial charge in [0.2, 0.25) is 0 Å². The van der Waals surface area contributed by atoms with Crippen molar-refractivity contribution in [3.8, 4) is 0 Å². The molecular weight excluding hydrogens is 278 g/mol. The number of piperidine rings is 1. The van der Waals surface area contributed by atoms with Crippen molar-refractivity contribution in [2.75, 3.05) is 7.05 Å². The van der Waals surface area contributed by atoms with Gasteiger partial charge in [-0.2, -0.15) is 0 Å². The van der Waals surface area contributed by atoms with E-state index >= 15 is 0 Å². The highest BCUT2D eigenvalue weighted by Gasteiger charge is 2.40. The summed E-state index contributed by atoms with van der Waals surface area (Å²) in [5.41, 5.74) is 7.90. The van der Waals surface area contributed by atoms with Crippen molar-refractivity contribution < 1.29 is 0 Å². The number of hydrogen-bond acceptors (Lipinski definition) is 4. The average Bonchev–Trinajstić information content (AvgIpc) is 2.91. The number of nitrogens with zero attached hydrogens (tertiary/aromatic N) is 2. The first kappa shape index (κ1) is 15.4. The van der Waals surface area contributed by atoms with Crippen molar-refractivity contribution in [2.24, 2.45) is 11.7 Å². The second-order valence-corrected chi connectivity index (χ2v) is 8.97. The maximum absolute atomic E-state index is 6.54. The molecule has 0 aromatic carbocycles. The van der Waals surface area contributed by atoms with Gasteiger partial charge in [-0.3, -0.25) is 0 Å². The molecule has 0 radical (unpaired) electrons. The molecule has 3 atom stereocenters. The fourth-order valence-electron chi connectivity index (χ4n) is 3.92. The Kier molecular flexibility index (Phi) is 4.15. The van der Waals surface area contributed by atoms with Crippen molar-refractivity contribution in [2.45, 2.75) is 76.4 Å². The lowest BCUT2D eigenvalue weighted by atomic mass is 9.84. The molecule has 0 amide bonds. The zero-order valence-electron chi connectivity index (χ0n) is 13.8. The van der Waals surface area contributed by atoms with Crippen LogP contribution in [-0.4, -0.2) is 35.1 Å². The Balaban J connectivity index is 1.62. The van der Waals surface area contributed by atoms with E-state index in [1.807, 2.05) is 0 Å². The second-order valence-electron chi connectivity index (χ2n) is 8.03. The maximum Gasteiger partial charge on any atom is 0.0944 e. The lowest BCUT2D eigenvalue weighted by Gasteiger charge is -2.38. The van der Waals surface area contributed by atoms with Crippen molar-refractivity contribution >= 4 is 11.3 Å². The number of fused-ring (bicyclic) bond motifs is 2. The zero-order valence-corrected chi connectivity index (χ0v) is 14.6. The van der Waals surface area contributed by atoms with Crippen molar-refractivity contribution in [3.63, 3.8) is 0 Å². The predicted octanol–water partition coefficient (Wildman–Crippen LogP) is 3.18. The summed E-state index contributed by atoms with van der Waals surface area (Å²) in [7, 11) is 2.29. The van der Waals surface area contributed by atoms with Gasteiger partial charge in [-0.1, -0.05) is 20.8 Å². The van der Waals surface area contributed by atoms with E-state index in [9.17, 15) is 0 Å². The second kappa shape index (κ2) is 5.64. The van der Waals surface area contributed by atoms with E-state index in [2.05, 4.69) is 38.1 Å². The predicted molar refractivity (Wildman–Crippen MR) is 89.8 cm³/mol. The summed E-state index contributed by atoms with van der Waals surface area (Å²) >= 11 is 1.78. The monoisotopic (exact) mass is 307 g/mol. The average molecular weight is 308 g/mol. The van der Waals surface area contributed by atoms with Crippen molar-refractivity contribution in [3.05, 3.63) is 16.1 Å². The summed E-state index contributed by atoms with van der Waals surface area (Å²) in [6.07, 6.45) is 6.26. The quantitative estimate of drug-likeness (QED) is 0.932. The van der Waals surface area contributed by atoms with Crippen LogP contribution < -0.4 is 5.73 Å². The van der Waals surface area contributed by atoms with E-state index in [-0.39, 0.29) is 11.5 Å². The molecule has 21 heavy (non-hydrogen) atoms. The number of aromatic nitrogens is 1. The van der Waals surface area contributed by atoms with Crippen molar-refractivity contribution in [1.82, 2.24) is 9.88 Å². The smallest absolute Gasteiger partial charge is 0.0944 e. The van der Waals surface area contributed by atoms with Crippen LogP contribution in [0.5, 0.6) is 0 Å². The van der Waals surface area contributed by atoms with Gasteiger partial charge in [0.25, 0.3) is 0 Å². The van der Waals surface area contributed by atoms with Gasteiger partial charge >= 0.3 is 0 Å². The number of nitrogens with two attached hydrogens (primary N) is 1. The van der Waals surface area contributed by atoms with Gasteiger partial charge in [0.15, 0.2) is 0 Å². The van der Waals surface area contributed by atoms with Gasteiger partial charge in [0.1, 0.15) is 0 Å². The third kappa shape index (κ3) is 3.17. The van der Waals surface area contributed by atoms with Crippen LogP contribution in [0.3, 0.4) is 0 Å². The third-order valence-corrected chi connectivity index (χ3v) is 6.34. The lowest BCUT2D eigenvalue weighted by Crippen LogP contribution is -2.46. The summed E-state index contributed by atoms with van der Waals surface area (Å²) in [6.45, 7) is 6.67. The van der Waals surface area contributed by atoms with Crippen LogP contribution in [0.4, 0.5) is 0 Å². The molecule has 1 aromatic rings. The summed E-state index contributed by atoms with van der Waals surface area (Å²) < 4.78 is 0. The Morgan fingerprint density at radius 1 is 1.33 bits per heavy atom. The van der Waals surface area contributed by atoms with Crippen LogP contribution in [0.1, 0.15) is 57.2 Å². The SMILES string of the molecule is CN1C2CCC1CC(C(N)Cc1nc(C(C)(C)C)cs1)C2. The summed E-state index contributed by atoms with van der Waals surface area (Å²) in [5, 5.41) is 3.43. The van der Waals surface area contributed by atoms with Crippen LogP contribution in [-0.2, 0) is 11.8 Å². The highest BCUT2D eigenvalue weighted by molar-refractivity contribution is 7.09. The van der Waals surface area contributed by atoms with Crippen molar-refractivity contribution in [1.29, 1.82) is 0 Å². The summed E-state index contributed by atoms with van der Waals surface area (Å²) in [5.74, 6) is 0.681. The molecule has 2 N–H and O–H groups in total. The third-order valence-electron chi connectivity index (χ3n) is 5.47. The van der Waals surface area contributed by atoms with Gasteiger partial charge in [-0.05, 0) is 38.6 Å². The highest BCUT2D eigenvalue weighted by atomic mass is 32.1. The van der Waals surface area contributed by atoms with Crippen LogP contribution >= 0.6 is 11.3 Å². The van der Waals surface area contributed by atoms with Gasteiger partial charge in [0.05, 0.1) is 10.7 Å². The Labute approximate surface area is 132 Å². The van der Waals surface area contributed by atoms with Crippen LogP contribution in [0.15, 0.2) is 5.38 Å². The molecule has 1 aromatic heterocycles. The van der Waals surface area contributed by atoms with Gasteiger partial charge in [0, 0.05) is 35.3 Å². The molecule has 3 unspecified atom stereocenters. The normalized spacial score (nSPS) is 31.6. The first-order valence-corrected chi connectivity index (χ1v) is 9.15. The fraction of sp³-hybridized carbons (Fsp3) is 0.824. The van der Waals surface area contributed by atoms with Crippen LogP contribution in [0, 0.1) is 5.92 Å². The first-order valence-electron chi connectivity index (χ1n) is 8.27. The molecule has 3 heterocycles. The standard InChI is InChI=1S/C17H29N3S/c1-17(2,3)15-10-21-16(19-15)9-14(18)11-7-12-5-6-13(8-11)20(12)4/h10-14H,5-9,18H2,1-4H3. The Hall–Kier alpha value is -0.450. The molecule has 2 saturated heterocycles. The topological polar surface area (TPSA) is 42.1 Å². The van der Waals surface area contributed by atoms with E-state index in [1.165, 1.54) is 36.4 Å². The first-order chi connectivity index (χ1) is 9.84. The highest BCUT2D eigenvalue weighted by Crippen LogP contribution is 2.39. The molecule has 4 heteroatoms. The Morgan fingerprint density at radius 2 is 1.95 bits per heavy atom. The summed E-state index contributed by atoms with van der Waals surface area (Å²) in [4.78, 5) is 7.40. The molecule has 3 nitrogen and oxygen atoms in total. The minimum absolute atomic E-state index is 0.144. The van der Waals surface area contributed by atoms with Gasteiger partial charge in [-0.25, -0.2) is 4.98 Å². The number of thiazole rings is 1. The van der Waals surface area contributed by atoms with Crippen LogP contribution in [0.25, 0.3) is 0 Å². The largest absolute Gasteiger partial charge is 0.327 e. The lowest BCUT2D eigenvalue weighted by molar-refractivity contribution is 0.120. The minimum Gasteiger partial charge on any atom is -0.327 e. The van der Waals surface area contributed by atoms with Gasteiger partial charge < -0.3 is 10.6 Å². The van der Waals surface area contributed by atoms with E-state index in [4.69, 9.17) is 10.7 Å². The van der Waals surface area contributed by atoms with Gasteiger partial charge in [-0.15, -0.1) is 11.3 Å². The van der Waals surface area contributed by atoms with E-state index < -0.39 is 0 Å². The Morgan fingerprint density at radius 3 is 2.48 bits per heavy atom. The molecule has 0 saturated carbocycles. The Bertz CT molecular complexity index is 476. The number of rotatable bonds is 3. The fourth-order valence-corrected chi connectivity index (χ4v) is 5.01. The molecular formula is C17H29N3S. The molecule has 2 aliphatic rings. The van der Waals surface area contributed by atoms with E-state index in [0.717, 1.165) is 18.5 Å². The molecule has 0 aliphatic carbocycles. The summed E-state index contributed by atoms with van der Waals surface area (Å²) in [6, 6.07) is 1.84. The molecule has 3 rings (SSSR count). The van der Waals surface area contributed by atoms with E-state index in [0.29, 0.717) is 5.92 Å². The molecule has 2 fully saturated rings. The van der Waals surface area contributed by atoms with Crippen LogP contribution in [0.2, 0.25) is 0 Å². The number of hydrogen-bond donors (Lipinski definition) is 1. The minimum atomic E-state index is 0.144. The molecule has 118 valence electrons.